The highest BCUT2D eigenvalue weighted by Gasteiger charge is 2.35. The molecule has 2 aliphatic heterocycles. The van der Waals surface area contributed by atoms with Crippen LogP contribution in [0.2, 0.25) is 0 Å². The molecule has 0 aromatic carbocycles. The van der Waals surface area contributed by atoms with Gasteiger partial charge in [-0.2, -0.15) is 17.0 Å². The summed E-state index contributed by atoms with van der Waals surface area (Å²) >= 11 is 0. The van der Waals surface area contributed by atoms with Crippen LogP contribution in [-0.2, 0) is 19.7 Å². The van der Waals surface area contributed by atoms with E-state index in [9.17, 15) is 8.42 Å². The molecule has 3 rings (SSSR count). The van der Waals surface area contributed by atoms with E-state index in [0.29, 0.717) is 39.5 Å². The lowest BCUT2D eigenvalue weighted by atomic mass is 10.2. The van der Waals surface area contributed by atoms with Crippen LogP contribution >= 0.6 is 0 Å². The first-order valence-electron chi connectivity index (χ1n) is 8.07. The molecule has 2 aliphatic rings. The second kappa shape index (κ2) is 7.32. The van der Waals surface area contributed by atoms with Crippen molar-refractivity contribution in [2.75, 3.05) is 65.0 Å². The van der Waals surface area contributed by atoms with Gasteiger partial charge in [-0.1, -0.05) is 6.07 Å². The summed E-state index contributed by atoms with van der Waals surface area (Å²) in [6.07, 6.45) is -0.352. The molecule has 1 unspecified atom stereocenters. The SMILES string of the molecule is CN(C)c1cccc(C2CN(S(=O)(=O)N3CCOCC3)CCO2)n1. The van der Waals surface area contributed by atoms with E-state index in [4.69, 9.17) is 9.47 Å². The van der Waals surface area contributed by atoms with Crippen molar-refractivity contribution < 1.29 is 17.9 Å². The van der Waals surface area contributed by atoms with Gasteiger partial charge in [0.15, 0.2) is 0 Å². The van der Waals surface area contributed by atoms with Crippen molar-refractivity contribution in [1.29, 1.82) is 0 Å². The van der Waals surface area contributed by atoms with E-state index in [1.54, 1.807) is 0 Å². The minimum Gasteiger partial charge on any atom is -0.379 e. The first-order chi connectivity index (χ1) is 11.5. The summed E-state index contributed by atoms with van der Waals surface area (Å²) in [6, 6.07) is 5.70. The number of rotatable bonds is 4. The molecule has 1 atom stereocenters. The molecule has 1 aromatic rings. The highest BCUT2D eigenvalue weighted by atomic mass is 32.2. The van der Waals surface area contributed by atoms with Crippen molar-refractivity contribution in [3.05, 3.63) is 23.9 Å². The van der Waals surface area contributed by atoms with Crippen molar-refractivity contribution >= 4 is 16.0 Å². The molecule has 2 saturated heterocycles. The fraction of sp³-hybridized carbons (Fsp3) is 0.667. The van der Waals surface area contributed by atoms with Crippen molar-refractivity contribution in [2.24, 2.45) is 0 Å². The molecule has 24 heavy (non-hydrogen) atoms. The zero-order valence-corrected chi connectivity index (χ0v) is 14.9. The van der Waals surface area contributed by atoms with Gasteiger partial charge in [-0.15, -0.1) is 0 Å². The molecule has 0 bridgehead atoms. The average Bonchev–Trinajstić information content (AvgIpc) is 2.62. The van der Waals surface area contributed by atoms with Crippen LogP contribution < -0.4 is 4.90 Å². The van der Waals surface area contributed by atoms with Gasteiger partial charge in [0.05, 0.1) is 25.5 Å². The van der Waals surface area contributed by atoms with Crippen LogP contribution in [0.25, 0.3) is 0 Å². The molecule has 8 nitrogen and oxygen atoms in total. The van der Waals surface area contributed by atoms with E-state index in [2.05, 4.69) is 4.98 Å². The summed E-state index contributed by atoms with van der Waals surface area (Å²) in [5.41, 5.74) is 0.753. The standard InChI is InChI=1S/C15H24N4O4S/c1-17(2)15-5-3-4-13(16-15)14-12-19(8-11-23-14)24(20,21)18-6-9-22-10-7-18/h3-5,14H,6-12H2,1-2H3. The van der Waals surface area contributed by atoms with Crippen molar-refractivity contribution in [1.82, 2.24) is 13.6 Å². The van der Waals surface area contributed by atoms with Crippen LogP contribution in [0.5, 0.6) is 0 Å². The van der Waals surface area contributed by atoms with Gasteiger partial charge in [0.2, 0.25) is 0 Å². The van der Waals surface area contributed by atoms with Crippen LogP contribution in [0, 0.1) is 0 Å². The fourth-order valence-corrected chi connectivity index (χ4v) is 4.39. The zero-order valence-electron chi connectivity index (χ0n) is 14.1. The topological polar surface area (TPSA) is 75.2 Å². The normalized spacial score (nSPS) is 24.0. The number of morpholine rings is 2. The zero-order chi connectivity index (χ0) is 17.2. The monoisotopic (exact) mass is 356 g/mol. The molecule has 0 amide bonds. The Morgan fingerprint density at radius 2 is 1.83 bits per heavy atom. The van der Waals surface area contributed by atoms with Crippen LogP contribution in [-0.4, -0.2) is 82.1 Å². The van der Waals surface area contributed by atoms with Gasteiger partial charge in [0.1, 0.15) is 11.9 Å². The molecule has 0 saturated carbocycles. The Labute approximate surface area is 143 Å². The van der Waals surface area contributed by atoms with E-state index in [1.165, 1.54) is 8.61 Å². The molecular formula is C15H24N4O4S. The number of hydrogen-bond donors (Lipinski definition) is 0. The lowest BCUT2D eigenvalue weighted by molar-refractivity contribution is -0.00839. The summed E-state index contributed by atoms with van der Waals surface area (Å²) in [6.45, 7) is 2.70. The predicted molar refractivity (Wildman–Crippen MR) is 90.1 cm³/mol. The fourth-order valence-electron chi connectivity index (χ4n) is 2.82. The quantitative estimate of drug-likeness (QED) is 0.762. The maximum absolute atomic E-state index is 12.8. The molecule has 0 radical (unpaired) electrons. The van der Waals surface area contributed by atoms with E-state index in [1.807, 2.05) is 37.2 Å². The van der Waals surface area contributed by atoms with Crippen molar-refractivity contribution in [3.63, 3.8) is 0 Å². The van der Waals surface area contributed by atoms with Gasteiger partial charge in [-0.25, -0.2) is 4.98 Å². The van der Waals surface area contributed by atoms with Crippen molar-refractivity contribution in [2.45, 2.75) is 6.10 Å². The largest absolute Gasteiger partial charge is 0.379 e. The summed E-state index contributed by atoms with van der Waals surface area (Å²) in [7, 11) is 0.355. The van der Waals surface area contributed by atoms with Gasteiger partial charge in [-0.05, 0) is 12.1 Å². The summed E-state index contributed by atoms with van der Waals surface area (Å²) in [5, 5.41) is 0. The van der Waals surface area contributed by atoms with Crippen LogP contribution in [0.1, 0.15) is 11.8 Å². The Morgan fingerprint density at radius 1 is 1.12 bits per heavy atom. The predicted octanol–water partition coefficient (Wildman–Crippen LogP) is 0.0979. The van der Waals surface area contributed by atoms with Gasteiger partial charge in [-0.3, -0.25) is 0 Å². The van der Waals surface area contributed by atoms with Gasteiger partial charge in [0.25, 0.3) is 10.2 Å². The maximum Gasteiger partial charge on any atom is 0.282 e. The first kappa shape index (κ1) is 17.6. The molecule has 9 heteroatoms. The minimum absolute atomic E-state index is 0.281. The van der Waals surface area contributed by atoms with E-state index in [-0.39, 0.29) is 12.6 Å². The summed E-state index contributed by atoms with van der Waals surface area (Å²) < 4.78 is 39.6. The Kier molecular flexibility index (Phi) is 5.36. The Morgan fingerprint density at radius 3 is 2.54 bits per heavy atom. The second-order valence-corrected chi connectivity index (χ2v) is 7.98. The lowest BCUT2D eigenvalue weighted by Gasteiger charge is -2.36. The van der Waals surface area contributed by atoms with Gasteiger partial charge < -0.3 is 14.4 Å². The molecule has 1 aromatic heterocycles. The third kappa shape index (κ3) is 3.70. The van der Waals surface area contributed by atoms with E-state index in [0.717, 1.165) is 11.5 Å². The number of anilines is 1. The Bertz CT molecular complexity index is 661. The lowest BCUT2D eigenvalue weighted by Crippen LogP contribution is -2.52. The number of aromatic nitrogens is 1. The average molecular weight is 356 g/mol. The number of hydrogen-bond acceptors (Lipinski definition) is 6. The van der Waals surface area contributed by atoms with Gasteiger partial charge in [0, 0.05) is 40.3 Å². The third-order valence-corrected chi connectivity index (χ3v) is 6.20. The maximum atomic E-state index is 12.8. The first-order valence-corrected chi connectivity index (χ1v) is 9.47. The molecule has 0 N–H and O–H groups in total. The highest BCUT2D eigenvalue weighted by Crippen LogP contribution is 2.25. The number of pyridine rings is 1. The van der Waals surface area contributed by atoms with E-state index < -0.39 is 10.2 Å². The molecule has 134 valence electrons. The number of ether oxygens (including phenoxy) is 2. The molecule has 0 aliphatic carbocycles. The smallest absolute Gasteiger partial charge is 0.282 e. The highest BCUT2D eigenvalue weighted by molar-refractivity contribution is 7.86. The molecule has 2 fully saturated rings. The van der Waals surface area contributed by atoms with Gasteiger partial charge >= 0.3 is 0 Å². The Hall–Kier alpha value is -1.26. The van der Waals surface area contributed by atoms with E-state index >= 15 is 0 Å². The molecular weight excluding hydrogens is 332 g/mol. The molecule has 3 heterocycles. The minimum atomic E-state index is -3.48. The third-order valence-electron chi connectivity index (χ3n) is 4.20. The summed E-state index contributed by atoms with van der Waals surface area (Å²) in [4.78, 5) is 6.48. The number of nitrogens with zero attached hydrogens (tertiary/aromatic N) is 4. The van der Waals surface area contributed by atoms with Crippen LogP contribution in [0.4, 0.5) is 5.82 Å². The summed E-state index contributed by atoms with van der Waals surface area (Å²) in [5.74, 6) is 0.823. The Balaban J connectivity index is 1.75. The van der Waals surface area contributed by atoms with Crippen molar-refractivity contribution in [3.8, 4) is 0 Å². The second-order valence-electron chi connectivity index (χ2n) is 6.05. The van der Waals surface area contributed by atoms with Crippen LogP contribution in [0.3, 0.4) is 0 Å². The van der Waals surface area contributed by atoms with Crippen LogP contribution in [0.15, 0.2) is 18.2 Å². The molecule has 0 spiro atoms.